The number of benzene rings is 1. The number of carbonyl (C=O) groups excluding carboxylic acids is 1. The first-order valence-corrected chi connectivity index (χ1v) is 10.2. The first-order valence-electron chi connectivity index (χ1n) is 7.83. The fourth-order valence-electron chi connectivity index (χ4n) is 2.60. The lowest BCUT2D eigenvalue weighted by atomic mass is 10.1. The molecule has 3 rings (SSSR count). The molecule has 12 heteroatoms. The topological polar surface area (TPSA) is 46.9 Å². The number of carbonyl (C=O) groups is 1. The molecule has 3 aromatic rings. The van der Waals surface area contributed by atoms with Crippen LogP contribution in [0.4, 0.5) is 27.6 Å². The second kappa shape index (κ2) is 8.15. The molecule has 0 aliphatic rings. The van der Waals surface area contributed by atoms with Gasteiger partial charge in [-0.15, -0.1) is 11.3 Å². The molecule has 1 amide bonds. The number of aryl methyl sites for hydroxylation is 1. The summed E-state index contributed by atoms with van der Waals surface area (Å²) in [5.74, 6) is -10.6. The summed E-state index contributed by atoms with van der Waals surface area (Å²) in [6.45, 7) is 2.34. The first kappa shape index (κ1) is 21.9. The van der Waals surface area contributed by atoms with Gasteiger partial charge in [-0.2, -0.15) is 5.10 Å². The lowest BCUT2D eigenvalue weighted by molar-refractivity contribution is 0.103. The van der Waals surface area contributed by atoms with Crippen LogP contribution in [0.3, 0.4) is 0 Å². The number of hydrogen-bond acceptors (Lipinski definition) is 3. The molecule has 0 bridgehead atoms. The average Bonchev–Trinajstić information content (AvgIpc) is 3.15. The molecule has 154 valence electrons. The van der Waals surface area contributed by atoms with Crippen LogP contribution in [0.1, 0.15) is 26.6 Å². The van der Waals surface area contributed by atoms with E-state index in [1.54, 1.807) is 6.07 Å². The molecule has 0 unspecified atom stereocenters. The van der Waals surface area contributed by atoms with Gasteiger partial charge in [-0.25, -0.2) is 22.0 Å². The zero-order chi connectivity index (χ0) is 21.6. The molecule has 0 spiro atoms. The monoisotopic (exact) mass is 557 g/mol. The Bertz CT molecular complexity index is 1100. The molecule has 0 radical (unpaired) electrons. The summed E-state index contributed by atoms with van der Waals surface area (Å²) in [6, 6.07) is 1.61. The van der Waals surface area contributed by atoms with Crippen LogP contribution in [-0.2, 0) is 6.54 Å². The number of thiophene rings is 1. The molecule has 0 aliphatic heterocycles. The summed E-state index contributed by atoms with van der Waals surface area (Å²) < 4.78 is 70.5. The molecule has 0 atom stereocenters. The molecular weight excluding hydrogens is 549 g/mol. The quantitative estimate of drug-likeness (QED) is 0.239. The summed E-state index contributed by atoms with van der Waals surface area (Å²) in [7, 11) is 0. The maximum atomic E-state index is 14.0. The van der Waals surface area contributed by atoms with E-state index < -0.39 is 47.1 Å². The van der Waals surface area contributed by atoms with E-state index in [-0.39, 0.29) is 11.4 Å². The Labute approximate surface area is 182 Å². The molecule has 1 aromatic carbocycles. The van der Waals surface area contributed by atoms with Gasteiger partial charge in [0.05, 0.1) is 37.8 Å². The van der Waals surface area contributed by atoms with E-state index in [9.17, 15) is 26.7 Å². The van der Waals surface area contributed by atoms with E-state index in [0.29, 0.717) is 15.0 Å². The van der Waals surface area contributed by atoms with Crippen LogP contribution in [0.25, 0.3) is 0 Å². The highest BCUT2D eigenvalue weighted by Crippen LogP contribution is 2.33. The van der Waals surface area contributed by atoms with Gasteiger partial charge in [-0.05, 0) is 51.8 Å². The molecule has 0 aliphatic carbocycles. The summed E-state index contributed by atoms with van der Waals surface area (Å²) in [5.41, 5.74) is -0.139. The van der Waals surface area contributed by atoms with Crippen LogP contribution in [0.15, 0.2) is 14.3 Å². The van der Waals surface area contributed by atoms with Gasteiger partial charge in [0.15, 0.2) is 23.3 Å². The van der Waals surface area contributed by atoms with E-state index in [4.69, 9.17) is 0 Å². The van der Waals surface area contributed by atoms with Gasteiger partial charge in [0.1, 0.15) is 0 Å². The molecule has 2 heterocycles. The van der Waals surface area contributed by atoms with Gasteiger partial charge in [-0.1, -0.05) is 0 Å². The van der Waals surface area contributed by atoms with E-state index in [1.165, 1.54) is 25.2 Å². The Morgan fingerprint density at radius 1 is 1.07 bits per heavy atom. The largest absolute Gasteiger partial charge is 0.318 e. The average molecular weight is 559 g/mol. The van der Waals surface area contributed by atoms with Gasteiger partial charge in [0, 0.05) is 4.47 Å². The first-order chi connectivity index (χ1) is 13.5. The van der Waals surface area contributed by atoms with Crippen molar-refractivity contribution in [3.8, 4) is 0 Å². The Hall–Kier alpha value is -1.79. The van der Waals surface area contributed by atoms with Crippen LogP contribution in [0.5, 0.6) is 0 Å². The summed E-state index contributed by atoms with van der Waals surface area (Å²) >= 11 is 7.75. The van der Waals surface area contributed by atoms with Gasteiger partial charge < -0.3 is 5.32 Å². The highest BCUT2D eigenvalue weighted by atomic mass is 79.9. The third-order valence-electron chi connectivity index (χ3n) is 4.10. The molecule has 1 N–H and O–H groups in total. The van der Waals surface area contributed by atoms with Crippen molar-refractivity contribution in [3.05, 3.63) is 65.2 Å². The second-order valence-corrected chi connectivity index (χ2v) is 9.16. The molecule has 0 fully saturated rings. The van der Waals surface area contributed by atoms with Crippen molar-refractivity contribution < 1.29 is 26.7 Å². The van der Waals surface area contributed by atoms with E-state index >= 15 is 0 Å². The normalized spacial score (nSPS) is 11.2. The van der Waals surface area contributed by atoms with Crippen LogP contribution in [-0.4, -0.2) is 15.7 Å². The van der Waals surface area contributed by atoms with Crippen molar-refractivity contribution in [2.45, 2.75) is 20.4 Å². The highest BCUT2D eigenvalue weighted by Gasteiger charge is 2.27. The molecule has 0 saturated carbocycles. The number of hydrogen-bond donors (Lipinski definition) is 1. The molecule has 29 heavy (non-hydrogen) atoms. The minimum Gasteiger partial charge on any atom is -0.318 e. The second-order valence-electron chi connectivity index (χ2n) is 5.94. The van der Waals surface area contributed by atoms with Gasteiger partial charge in [0.2, 0.25) is 5.82 Å². The number of anilines is 1. The predicted octanol–water partition coefficient (Wildman–Crippen LogP) is 6.08. The third kappa shape index (κ3) is 3.97. The number of nitrogens with zero attached hydrogens (tertiary/aromatic N) is 2. The Balaban J connectivity index is 1.94. The SMILES string of the molecule is Cc1nn(Cc2c(F)c(F)c(F)c(F)c2F)c(C)c1NC(=O)c1cc(Br)c(Br)s1. The molecule has 4 nitrogen and oxygen atoms in total. The highest BCUT2D eigenvalue weighted by molar-refractivity contribution is 9.13. The molecular formula is C17H10Br2F5N3OS. The van der Waals surface area contributed by atoms with Crippen molar-refractivity contribution in [2.24, 2.45) is 0 Å². The fourth-order valence-corrected chi connectivity index (χ4v) is 4.54. The smallest absolute Gasteiger partial charge is 0.265 e. The zero-order valence-electron chi connectivity index (χ0n) is 14.6. The zero-order valence-corrected chi connectivity index (χ0v) is 18.6. The van der Waals surface area contributed by atoms with Gasteiger partial charge in [-0.3, -0.25) is 9.48 Å². The summed E-state index contributed by atoms with van der Waals surface area (Å²) in [5, 5.41) is 6.71. The number of rotatable bonds is 4. The van der Waals surface area contributed by atoms with Gasteiger partial charge >= 0.3 is 0 Å². The number of halogens is 7. The minimum absolute atomic E-state index is 0.277. The van der Waals surface area contributed by atoms with Crippen molar-refractivity contribution in [2.75, 3.05) is 5.32 Å². The standard InChI is InChI=1S/C17H10Br2F5N3OS/c1-5-15(25-17(28)9-3-8(18)16(19)29-9)6(2)27(26-5)4-7-10(20)12(22)14(24)13(23)11(7)21/h3H,4H2,1-2H3,(H,25,28). The fraction of sp³-hybridized carbons (Fsp3) is 0.176. The number of amides is 1. The Kier molecular flexibility index (Phi) is 6.16. The summed E-state index contributed by atoms with van der Waals surface area (Å²) in [4.78, 5) is 12.8. The molecule has 0 saturated heterocycles. The van der Waals surface area contributed by atoms with E-state index in [0.717, 1.165) is 8.47 Å². The minimum atomic E-state index is -2.22. The van der Waals surface area contributed by atoms with Crippen molar-refractivity contribution in [3.63, 3.8) is 0 Å². The maximum absolute atomic E-state index is 14.0. The summed E-state index contributed by atoms with van der Waals surface area (Å²) in [6.07, 6.45) is 0. The van der Waals surface area contributed by atoms with E-state index in [1.807, 2.05) is 0 Å². The van der Waals surface area contributed by atoms with E-state index in [2.05, 4.69) is 42.3 Å². The maximum Gasteiger partial charge on any atom is 0.265 e. The lowest BCUT2D eigenvalue weighted by Gasteiger charge is -2.10. The van der Waals surface area contributed by atoms with Crippen LogP contribution >= 0.6 is 43.2 Å². The lowest BCUT2D eigenvalue weighted by Crippen LogP contribution is -2.14. The van der Waals surface area contributed by atoms with Gasteiger partial charge in [0.25, 0.3) is 5.91 Å². The third-order valence-corrected chi connectivity index (χ3v) is 7.35. The van der Waals surface area contributed by atoms with Crippen molar-refractivity contribution >= 4 is 54.8 Å². The van der Waals surface area contributed by atoms with Crippen molar-refractivity contribution in [1.82, 2.24) is 9.78 Å². The molecule has 2 aromatic heterocycles. The predicted molar refractivity (Wildman–Crippen MR) is 105 cm³/mol. The van der Waals surface area contributed by atoms with Crippen LogP contribution in [0, 0.1) is 42.9 Å². The number of nitrogens with one attached hydrogen (secondary N) is 1. The van der Waals surface area contributed by atoms with Crippen LogP contribution < -0.4 is 5.32 Å². The Morgan fingerprint density at radius 2 is 1.62 bits per heavy atom. The Morgan fingerprint density at radius 3 is 2.14 bits per heavy atom. The number of aromatic nitrogens is 2. The van der Waals surface area contributed by atoms with Crippen LogP contribution in [0.2, 0.25) is 0 Å². The van der Waals surface area contributed by atoms with Crippen molar-refractivity contribution in [1.29, 1.82) is 0 Å².